The smallest absolute Gasteiger partial charge is 0.328 e. The third-order valence-corrected chi connectivity index (χ3v) is 4.48. The van der Waals surface area contributed by atoms with Crippen LogP contribution in [0.5, 0.6) is 0 Å². The molecule has 0 aromatic heterocycles. The van der Waals surface area contributed by atoms with Gasteiger partial charge in [-0.2, -0.15) is 5.10 Å². The molecule has 0 aliphatic carbocycles. The van der Waals surface area contributed by atoms with Crippen molar-refractivity contribution in [2.75, 3.05) is 31.2 Å². The summed E-state index contributed by atoms with van der Waals surface area (Å²) in [6, 6.07) is 8.06. The van der Waals surface area contributed by atoms with Crippen LogP contribution in [0.4, 0.5) is 5.69 Å². The molecule has 0 saturated carbocycles. The molecule has 1 N–H and O–H groups in total. The first-order valence-electron chi connectivity index (χ1n) is 8.16. The molecule has 8 nitrogen and oxygen atoms in total. The minimum Gasteiger partial charge on any atom is -0.480 e. The lowest BCUT2D eigenvalue weighted by molar-refractivity contribution is -0.138. The summed E-state index contributed by atoms with van der Waals surface area (Å²) >= 11 is 0. The molecule has 1 fully saturated rings. The highest BCUT2D eigenvalue weighted by atomic mass is 16.4. The average molecular weight is 344 g/mol. The lowest BCUT2D eigenvalue weighted by atomic mass is 10.1. The first-order valence-corrected chi connectivity index (χ1v) is 8.16. The highest BCUT2D eigenvalue weighted by Gasteiger charge is 2.38. The number of benzene rings is 1. The highest BCUT2D eigenvalue weighted by Crippen LogP contribution is 2.25. The Hall–Kier alpha value is -2.90. The number of aliphatic carboxylic acids is 1. The fourth-order valence-electron chi connectivity index (χ4n) is 3.06. The zero-order valence-electron chi connectivity index (χ0n) is 14.0. The van der Waals surface area contributed by atoms with Crippen molar-refractivity contribution in [2.24, 2.45) is 5.10 Å². The monoisotopic (exact) mass is 344 g/mol. The highest BCUT2D eigenvalue weighted by molar-refractivity contribution is 6.40. The van der Waals surface area contributed by atoms with Gasteiger partial charge in [0.2, 0.25) is 5.91 Å². The van der Waals surface area contributed by atoms with Crippen molar-refractivity contribution in [3.8, 4) is 0 Å². The van der Waals surface area contributed by atoms with E-state index >= 15 is 0 Å². The number of hydrazone groups is 1. The van der Waals surface area contributed by atoms with E-state index in [9.17, 15) is 19.5 Å². The van der Waals surface area contributed by atoms with Gasteiger partial charge < -0.3 is 14.9 Å². The number of carbonyl (C=O) groups excluding carboxylic acids is 2. The van der Waals surface area contributed by atoms with Crippen LogP contribution in [0.3, 0.4) is 0 Å². The molecule has 1 saturated heterocycles. The number of amides is 2. The Morgan fingerprint density at radius 2 is 1.64 bits per heavy atom. The van der Waals surface area contributed by atoms with E-state index in [1.54, 1.807) is 34.1 Å². The van der Waals surface area contributed by atoms with Gasteiger partial charge in [0.05, 0.1) is 5.69 Å². The molecule has 132 valence electrons. The van der Waals surface area contributed by atoms with Crippen molar-refractivity contribution in [3.05, 3.63) is 30.3 Å². The summed E-state index contributed by atoms with van der Waals surface area (Å²) in [4.78, 5) is 39.0. The van der Waals surface area contributed by atoms with E-state index in [2.05, 4.69) is 5.10 Å². The van der Waals surface area contributed by atoms with Gasteiger partial charge in [-0.05, 0) is 12.1 Å². The number of anilines is 1. The van der Waals surface area contributed by atoms with E-state index in [0.717, 1.165) is 0 Å². The van der Waals surface area contributed by atoms with Crippen LogP contribution >= 0.6 is 0 Å². The second-order valence-electron chi connectivity index (χ2n) is 6.08. The van der Waals surface area contributed by atoms with Crippen molar-refractivity contribution in [3.63, 3.8) is 0 Å². The number of rotatable bonds is 3. The van der Waals surface area contributed by atoms with Crippen LogP contribution in [0.2, 0.25) is 0 Å². The molecule has 1 aromatic carbocycles. The van der Waals surface area contributed by atoms with Gasteiger partial charge in [0.1, 0.15) is 5.71 Å². The van der Waals surface area contributed by atoms with Crippen molar-refractivity contribution in [1.29, 1.82) is 0 Å². The lowest BCUT2D eigenvalue weighted by Gasteiger charge is -2.34. The number of carbonyl (C=O) groups is 3. The zero-order chi connectivity index (χ0) is 18.0. The molecule has 0 spiro atoms. The van der Waals surface area contributed by atoms with Gasteiger partial charge in [-0.25, -0.2) is 4.79 Å². The topological polar surface area (TPSA) is 93.5 Å². The summed E-state index contributed by atoms with van der Waals surface area (Å²) in [5.41, 5.74) is 0.881. The first-order chi connectivity index (χ1) is 12.0. The number of carboxylic acids is 1. The van der Waals surface area contributed by atoms with Gasteiger partial charge in [0.25, 0.3) is 5.91 Å². The molecule has 2 amide bonds. The molecule has 8 heteroatoms. The van der Waals surface area contributed by atoms with Crippen LogP contribution in [0, 0.1) is 0 Å². The summed E-state index contributed by atoms with van der Waals surface area (Å²) in [7, 11) is 0. The summed E-state index contributed by atoms with van der Waals surface area (Å²) in [5.74, 6) is -1.28. The average Bonchev–Trinajstić information content (AvgIpc) is 3.07. The molecule has 1 aromatic rings. The molecule has 0 bridgehead atoms. The number of hydrogen-bond acceptors (Lipinski definition) is 5. The third kappa shape index (κ3) is 3.47. The number of carboxylic acid groups (broad SMARTS) is 1. The fourth-order valence-corrected chi connectivity index (χ4v) is 3.06. The van der Waals surface area contributed by atoms with Crippen LogP contribution in [-0.2, 0) is 14.4 Å². The fraction of sp³-hybridized carbons (Fsp3) is 0.412. The van der Waals surface area contributed by atoms with Crippen molar-refractivity contribution >= 4 is 29.2 Å². The Balaban J connectivity index is 1.75. The number of hydrogen-bond donors (Lipinski definition) is 1. The van der Waals surface area contributed by atoms with Crippen LogP contribution in [0.1, 0.15) is 13.3 Å². The summed E-state index contributed by atoms with van der Waals surface area (Å²) in [5, 5.41) is 15.1. The lowest BCUT2D eigenvalue weighted by Crippen LogP contribution is -2.51. The van der Waals surface area contributed by atoms with E-state index in [0.29, 0.717) is 31.9 Å². The molecular weight excluding hydrogens is 324 g/mol. The molecule has 2 aliphatic rings. The standard InChI is InChI=1S/C17H20N4O4/c1-12(22)19-7-9-20(10-8-19)16(23)14-11-15(17(24)25)21(18-14)13-5-3-2-4-6-13/h2-6,15H,7-11H2,1H3,(H,24,25). The SMILES string of the molecule is CC(=O)N1CCN(C(=O)C2=NN(c3ccccc3)C(C(=O)O)C2)CC1. The van der Waals surface area contributed by atoms with Gasteiger partial charge in [-0.3, -0.25) is 14.6 Å². The van der Waals surface area contributed by atoms with Gasteiger partial charge in [0, 0.05) is 39.5 Å². The van der Waals surface area contributed by atoms with Gasteiger partial charge in [-0.1, -0.05) is 18.2 Å². The molecule has 3 rings (SSSR count). The maximum Gasteiger partial charge on any atom is 0.328 e. The van der Waals surface area contributed by atoms with Crippen molar-refractivity contribution < 1.29 is 19.5 Å². The van der Waals surface area contributed by atoms with Crippen LogP contribution in [0.25, 0.3) is 0 Å². The Morgan fingerprint density at radius 3 is 2.20 bits per heavy atom. The quantitative estimate of drug-likeness (QED) is 0.856. The minimum absolute atomic E-state index is 0.00787. The van der Waals surface area contributed by atoms with Crippen LogP contribution in [0.15, 0.2) is 35.4 Å². The molecule has 25 heavy (non-hydrogen) atoms. The predicted octanol–water partition coefficient (Wildman–Crippen LogP) is 0.397. The van der Waals surface area contributed by atoms with E-state index in [4.69, 9.17) is 0 Å². The van der Waals surface area contributed by atoms with Gasteiger partial charge >= 0.3 is 5.97 Å². The van der Waals surface area contributed by atoms with Crippen LogP contribution < -0.4 is 5.01 Å². The molecule has 2 heterocycles. The Labute approximate surface area is 145 Å². The van der Waals surface area contributed by atoms with Crippen molar-refractivity contribution in [2.45, 2.75) is 19.4 Å². The van der Waals surface area contributed by atoms with E-state index in [1.807, 2.05) is 6.07 Å². The Bertz CT molecular complexity index is 711. The third-order valence-electron chi connectivity index (χ3n) is 4.48. The van der Waals surface area contributed by atoms with E-state index < -0.39 is 12.0 Å². The minimum atomic E-state index is -1.02. The van der Waals surface area contributed by atoms with Gasteiger partial charge in [0.15, 0.2) is 6.04 Å². The molecule has 1 unspecified atom stereocenters. The second kappa shape index (κ2) is 6.92. The summed E-state index contributed by atoms with van der Waals surface area (Å²) in [6.07, 6.45) is 0.0655. The number of nitrogens with zero attached hydrogens (tertiary/aromatic N) is 4. The Kier molecular flexibility index (Phi) is 4.69. The molecule has 2 aliphatic heterocycles. The van der Waals surface area contributed by atoms with Gasteiger partial charge in [-0.15, -0.1) is 0 Å². The van der Waals surface area contributed by atoms with Crippen molar-refractivity contribution in [1.82, 2.24) is 9.80 Å². The molecule has 0 radical (unpaired) electrons. The van der Waals surface area contributed by atoms with Crippen LogP contribution in [-0.4, -0.2) is 70.6 Å². The number of piperazine rings is 1. The zero-order valence-corrected chi connectivity index (χ0v) is 14.0. The molecular formula is C17H20N4O4. The first kappa shape index (κ1) is 16.9. The normalized spacial score (nSPS) is 20.4. The number of para-hydroxylation sites is 1. The van der Waals surface area contributed by atoms with E-state index in [1.165, 1.54) is 11.9 Å². The second-order valence-corrected chi connectivity index (χ2v) is 6.08. The summed E-state index contributed by atoms with van der Waals surface area (Å²) < 4.78 is 0. The maximum absolute atomic E-state index is 12.7. The molecule has 1 atom stereocenters. The predicted molar refractivity (Wildman–Crippen MR) is 91.2 cm³/mol. The Morgan fingerprint density at radius 1 is 1.04 bits per heavy atom. The largest absolute Gasteiger partial charge is 0.480 e. The van der Waals surface area contributed by atoms with E-state index in [-0.39, 0.29) is 23.9 Å². The summed E-state index contributed by atoms with van der Waals surface area (Å²) in [6.45, 7) is 3.34. The maximum atomic E-state index is 12.7.